The van der Waals surface area contributed by atoms with Gasteiger partial charge in [-0.15, -0.1) is 0 Å². The van der Waals surface area contributed by atoms with Crippen molar-refractivity contribution in [3.8, 4) is 5.75 Å². The molecule has 2 N–H and O–H groups in total. The van der Waals surface area contributed by atoms with E-state index in [0.29, 0.717) is 12.0 Å². The molecule has 0 spiro atoms. The summed E-state index contributed by atoms with van der Waals surface area (Å²) in [7, 11) is 1.81. The molecule has 0 heterocycles. The van der Waals surface area contributed by atoms with Crippen LogP contribution in [0.5, 0.6) is 5.75 Å². The number of nitrogens with one attached hydrogen (secondary N) is 2. The first-order valence-electron chi connectivity index (χ1n) is 8.19. The van der Waals surface area contributed by atoms with Crippen LogP contribution >= 0.6 is 0 Å². The molecule has 0 saturated heterocycles. The average Bonchev–Trinajstić information content (AvgIpc) is 2.50. The van der Waals surface area contributed by atoms with Gasteiger partial charge in [0.15, 0.2) is 5.96 Å². The third kappa shape index (κ3) is 7.34. The van der Waals surface area contributed by atoms with E-state index in [9.17, 15) is 0 Å². The summed E-state index contributed by atoms with van der Waals surface area (Å²) >= 11 is 0. The summed E-state index contributed by atoms with van der Waals surface area (Å²) in [6.07, 6.45) is 2.08. The Bertz CT molecular complexity index is 440. The van der Waals surface area contributed by atoms with Crippen LogP contribution in [0.1, 0.15) is 39.2 Å². The molecule has 0 aromatic heterocycles. The van der Waals surface area contributed by atoms with E-state index in [0.717, 1.165) is 37.7 Å². The number of aryl methyl sites for hydroxylation is 1. The van der Waals surface area contributed by atoms with Crippen LogP contribution < -0.4 is 15.4 Å². The quantitative estimate of drug-likeness (QED) is 0.440. The number of ether oxygens (including phenoxy) is 1. The molecule has 0 aliphatic rings. The Kier molecular flexibility index (Phi) is 8.41. The summed E-state index contributed by atoms with van der Waals surface area (Å²) in [4.78, 5) is 4.25. The van der Waals surface area contributed by atoms with Gasteiger partial charge in [0.05, 0.1) is 6.61 Å². The molecular formula is C18H31N3O. The predicted octanol–water partition coefficient (Wildman–Crippen LogP) is 3.36. The molecule has 0 bridgehead atoms. The first-order valence-corrected chi connectivity index (χ1v) is 8.19. The van der Waals surface area contributed by atoms with E-state index in [1.807, 2.05) is 19.2 Å². The third-order valence-electron chi connectivity index (χ3n) is 3.74. The molecule has 1 atom stereocenters. The molecule has 0 radical (unpaired) electrons. The third-order valence-corrected chi connectivity index (χ3v) is 3.74. The van der Waals surface area contributed by atoms with Gasteiger partial charge in [-0.2, -0.15) is 0 Å². The summed E-state index contributed by atoms with van der Waals surface area (Å²) in [6.45, 7) is 10.3. The highest BCUT2D eigenvalue weighted by Gasteiger charge is 2.08. The van der Waals surface area contributed by atoms with Gasteiger partial charge < -0.3 is 15.4 Å². The van der Waals surface area contributed by atoms with Crippen LogP contribution in [0.2, 0.25) is 0 Å². The summed E-state index contributed by atoms with van der Waals surface area (Å²) < 4.78 is 5.72. The van der Waals surface area contributed by atoms with E-state index in [4.69, 9.17) is 4.74 Å². The number of nitrogens with zero attached hydrogens (tertiary/aromatic N) is 1. The molecule has 1 aromatic carbocycles. The molecular weight excluding hydrogens is 274 g/mol. The lowest BCUT2D eigenvalue weighted by Crippen LogP contribution is -2.44. The zero-order valence-electron chi connectivity index (χ0n) is 14.6. The van der Waals surface area contributed by atoms with E-state index in [-0.39, 0.29) is 0 Å². The fraction of sp³-hybridized carbons (Fsp3) is 0.611. The number of benzene rings is 1. The lowest BCUT2D eigenvalue weighted by atomic mass is 10.1. The van der Waals surface area contributed by atoms with E-state index < -0.39 is 0 Å². The standard InChI is InChI=1S/C18H31N3O/c1-14(2)16(4)21-18(19-5)20-12-6-7-13-22-17-10-8-15(3)9-11-17/h8-11,14,16H,6-7,12-13H2,1-5H3,(H2,19,20,21). The van der Waals surface area contributed by atoms with Gasteiger partial charge in [-0.1, -0.05) is 31.5 Å². The van der Waals surface area contributed by atoms with Gasteiger partial charge in [0, 0.05) is 19.6 Å². The minimum absolute atomic E-state index is 0.413. The van der Waals surface area contributed by atoms with Crippen LogP contribution in [0.25, 0.3) is 0 Å². The maximum atomic E-state index is 5.72. The summed E-state index contributed by atoms with van der Waals surface area (Å²) in [6, 6.07) is 8.60. The largest absolute Gasteiger partial charge is 0.494 e. The maximum absolute atomic E-state index is 5.72. The van der Waals surface area contributed by atoms with Crippen LogP contribution in [0, 0.1) is 12.8 Å². The van der Waals surface area contributed by atoms with Crippen LogP contribution in [-0.2, 0) is 0 Å². The molecule has 4 nitrogen and oxygen atoms in total. The smallest absolute Gasteiger partial charge is 0.191 e. The Morgan fingerprint density at radius 1 is 1.14 bits per heavy atom. The van der Waals surface area contributed by atoms with Crippen molar-refractivity contribution in [1.29, 1.82) is 0 Å². The SMILES string of the molecule is CN=C(NCCCCOc1ccc(C)cc1)NC(C)C(C)C. The summed E-state index contributed by atoms with van der Waals surface area (Å²) in [5, 5.41) is 6.74. The molecule has 0 fully saturated rings. The second kappa shape index (κ2) is 10.1. The number of hydrogen-bond acceptors (Lipinski definition) is 2. The van der Waals surface area contributed by atoms with Crippen LogP contribution in [0.4, 0.5) is 0 Å². The Morgan fingerprint density at radius 2 is 1.82 bits per heavy atom. The van der Waals surface area contributed by atoms with E-state index >= 15 is 0 Å². The van der Waals surface area contributed by atoms with Crippen molar-refractivity contribution < 1.29 is 4.74 Å². The van der Waals surface area contributed by atoms with Crippen molar-refractivity contribution in [2.75, 3.05) is 20.2 Å². The fourth-order valence-corrected chi connectivity index (χ4v) is 1.84. The van der Waals surface area contributed by atoms with Crippen LogP contribution in [0.15, 0.2) is 29.3 Å². The van der Waals surface area contributed by atoms with Crippen molar-refractivity contribution in [3.05, 3.63) is 29.8 Å². The molecule has 0 aliphatic carbocycles. The molecule has 0 saturated carbocycles. The lowest BCUT2D eigenvalue weighted by molar-refractivity contribution is 0.307. The van der Waals surface area contributed by atoms with Gasteiger partial charge in [0.1, 0.15) is 5.75 Å². The van der Waals surface area contributed by atoms with E-state index in [1.54, 1.807) is 0 Å². The second-order valence-corrected chi connectivity index (χ2v) is 6.04. The first-order chi connectivity index (χ1) is 10.5. The van der Waals surface area contributed by atoms with Crippen LogP contribution in [-0.4, -0.2) is 32.2 Å². The first kappa shape index (κ1) is 18.3. The molecule has 0 aliphatic heterocycles. The Morgan fingerprint density at radius 3 is 2.41 bits per heavy atom. The lowest BCUT2D eigenvalue weighted by Gasteiger charge is -2.20. The van der Waals surface area contributed by atoms with Crippen molar-refractivity contribution in [2.45, 2.75) is 46.6 Å². The topological polar surface area (TPSA) is 45.7 Å². The monoisotopic (exact) mass is 305 g/mol. The summed E-state index contributed by atoms with van der Waals surface area (Å²) in [5.41, 5.74) is 1.26. The molecule has 4 heteroatoms. The van der Waals surface area contributed by atoms with Crippen molar-refractivity contribution in [2.24, 2.45) is 10.9 Å². The van der Waals surface area contributed by atoms with Gasteiger partial charge in [-0.05, 0) is 44.7 Å². The number of guanidine groups is 1. The Balaban J connectivity index is 2.12. The minimum Gasteiger partial charge on any atom is -0.494 e. The average molecular weight is 305 g/mol. The number of hydrogen-bond donors (Lipinski definition) is 2. The zero-order valence-corrected chi connectivity index (χ0v) is 14.6. The van der Waals surface area contributed by atoms with E-state index in [2.05, 4.69) is 55.5 Å². The molecule has 1 unspecified atom stereocenters. The normalized spacial score (nSPS) is 13.1. The van der Waals surface area contributed by atoms with Crippen molar-refractivity contribution >= 4 is 5.96 Å². The second-order valence-electron chi connectivity index (χ2n) is 6.04. The van der Waals surface area contributed by atoms with Gasteiger partial charge in [0.2, 0.25) is 0 Å². The highest BCUT2D eigenvalue weighted by atomic mass is 16.5. The fourth-order valence-electron chi connectivity index (χ4n) is 1.84. The van der Waals surface area contributed by atoms with Gasteiger partial charge >= 0.3 is 0 Å². The van der Waals surface area contributed by atoms with Crippen LogP contribution in [0.3, 0.4) is 0 Å². The number of aliphatic imine (C=N–C) groups is 1. The highest BCUT2D eigenvalue weighted by molar-refractivity contribution is 5.79. The molecule has 124 valence electrons. The Labute approximate surface area is 135 Å². The van der Waals surface area contributed by atoms with Crippen molar-refractivity contribution in [3.63, 3.8) is 0 Å². The summed E-state index contributed by atoms with van der Waals surface area (Å²) in [5.74, 6) is 2.41. The highest BCUT2D eigenvalue weighted by Crippen LogP contribution is 2.11. The van der Waals surface area contributed by atoms with Gasteiger partial charge in [0.25, 0.3) is 0 Å². The molecule has 1 aromatic rings. The number of unbranched alkanes of at least 4 members (excludes halogenated alkanes) is 1. The molecule has 22 heavy (non-hydrogen) atoms. The number of rotatable bonds is 8. The molecule has 1 rings (SSSR count). The maximum Gasteiger partial charge on any atom is 0.191 e. The molecule has 0 amide bonds. The zero-order chi connectivity index (χ0) is 16.4. The minimum atomic E-state index is 0.413. The van der Waals surface area contributed by atoms with Gasteiger partial charge in [-0.25, -0.2) is 0 Å². The van der Waals surface area contributed by atoms with E-state index in [1.165, 1.54) is 5.56 Å². The van der Waals surface area contributed by atoms with Gasteiger partial charge in [-0.3, -0.25) is 4.99 Å². The Hall–Kier alpha value is -1.71. The van der Waals surface area contributed by atoms with Crippen molar-refractivity contribution in [1.82, 2.24) is 10.6 Å². The predicted molar refractivity (Wildman–Crippen MR) is 94.7 cm³/mol.